The summed E-state index contributed by atoms with van der Waals surface area (Å²) in [6, 6.07) is 35.9. The molecule has 0 bridgehead atoms. The molecule has 1 aromatic heterocycles. The topological polar surface area (TPSA) is 41.9 Å². The Morgan fingerprint density at radius 3 is 1.91 bits per heavy atom. The van der Waals surface area contributed by atoms with Gasteiger partial charge in [0, 0.05) is 22.2 Å². The van der Waals surface area contributed by atoms with Crippen molar-refractivity contribution in [1.29, 1.82) is 0 Å². The van der Waals surface area contributed by atoms with E-state index < -0.39 is 0 Å². The van der Waals surface area contributed by atoms with E-state index in [1.54, 1.807) is 0 Å². The second kappa shape index (κ2) is 8.17. The van der Waals surface area contributed by atoms with Gasteiger partial charge in [-0.2, -0.15) is 0 Å². The molecular formula is C31H26N4. The lowest BCUT2D eigenvalue weighted by Gasteiger charge is -2.42. The van der Waals surface area contributed by atoms with Crippen LogP contribution in [-0.4, -0.2) is 15.0 Å². The smallest absolute Gasteiger partial charge is 0.163 e. The van der Waals surface area contributed by atoms with Gasteiger partial charge in [-0.15, -0.1) is 0 Å². The van der Waals surface area contributed by atoms with Crippen molar-refractivity contribution in [2.24, 2.45) is 0 Å². The Labute approximate surface area is 206 Å². The van der Waals surface area contributed by atoms with E-state index in [4.69, 9.17) is 9.97 Å². The van der Waals surface area contributed by atoms with Gasteiger partial charge in [-0.3, -0.25) is 0 Å². The van der Waals surface area contributed by atoms with Gasteiger partial charge in [0.25, 0.3) is 0 Å². The second-order valence-electron chi connectivity index (χ2n) is 9.44. The quantitative estimate of drug-likeness (QED) is 0.281. The second-order valence-corrected chi connectivity index (χ2v) is 9.44. The fraction of sp³-hybridized carbons (Fsp3) is 0.129. The number of nitrogens with zero attached hydrogens (tertiary/aromatic N) is 4. The first-order valence-electron chi connectivity index (χ1n) is 11.9. The lowest BCUT2D eigenvalue weighted by molar-refractivity contribution is 0.632. The van der Waals surface area contributed by atoms with Gasteiger partial charge in [0.2, 0.25) is 0 Å². The van der Waals surface area contributed by atoms with Gasteiger partial charge >= 0.3 is 0 Å². The van der Waals surface area contributed by atoms with Crippen LogP contribution in [0.5, 0.6) is 0 Å². The molecule has 6 rings (SSSR count). The van der Waals surface area contributed by atoms with E-state index >= 15 is 0 Å². The van der Waals surface area contributed by atoms with Crippen LogP contribution in [0.15, 0.2) is 103 Å². The zero-order valence-electron chi connectivity index (χ0n) is 20.1. The highest BCUT2D eigenvalue weighted by Gasteiger charge is 2.36. The first-order valence-corrected chi connectivity index (χ1v) is 11.9. The Morgan fingerprint density at radius 2 is 1.17 bits per heavy atom. The molecule has 0 aliphatic carbocycles. The van der Waals surface area contributed by atoms with E-state index in [9.17, 15) is 0 Å². The van der Waals surface area contributed by atoms with Crippen molar-refractivity contribution in [3.8, 4) is 22.8 Å². The molecule has 4 heteroatoms. The van der Waals surface area contributed by atoms with Crippen LogP contribution in [0.2, 0.25) is 0 Å². The molecule has 5 aromatic rings. The maximum atomic E-state index is 4.86. The summed E-state index contributed by atoms with van der Waals surface area (Å²) in [4.78, 5) is 16.5. The van der Waals surface area contributed by atoms with E-state index in [1.807, 2.05) is 37.3 Å². The van der Waals surface area contributed by atoms with Crippen LogP contribution in [0.4, 0.5) is 17.1 Å². The standard InChI is InChI=1S/C31H26N4/c1-21-32-29(22-12-6-4-7-13-22)34-30(33-21)23-18-19-26-28(20-23)35(24-14-8-5-9-15-24)27-17-11-10-16-25(27)31(26,2)3/h4-20H,1-3H3. The summed E-state index contributed by atoms with van der Waals surface area (Å²) in [6.07, 6.45) is 0. The summed E-state index contributed by atoms with van der Waals surface area (Å²) in [5.74, 6) is 2.08. The van der Waals surface area contributed by atoms with Crippen LogP contribution < -0.4 is 4.90 Å². The predicted octanol–water partition coefficient (Wildman–Crippen LogP) is 7.62. The molecule has 2 heterocycles. The van der Waals surface area contributed by atoms with E-state index in [1.165, 1.54) is 16.8 Å². The number of para-hydroxylation sites is 2. The Bertz CT molecular complexity index is 1520. The zero-order chi connectivity index (χ0) is 24.0. The van der Waals surface area contributed by atoms with Crippen molar-refractivity contribution in [2.75, 3.05) is 4.90 Å². The minimum Gasteiger partial charge on any atom is -0.310 e. The Kier molecular flexibility index (Phi) is 4.96. The molecule has 0 atom stereocenters. The van der Waals surface area contributed by atoms with Crippen molar-refractivity contribution in [3.05, 3.63) is 120 Å². The summed E-state index contributed by atoms with van der Waals surface area (Å²) >= 11 is 0. The van der Waals surface area contributed by atoms with Gasteiger partial charge in [0.1, 0.15) is 5.82 Å². The molecule has 35 heavy (non-hydrogen) atoms. The molecule has 0 radical (unpaired) electrons. The van der Waals surface area contributed by atoms with Crippen LogP contribution in [-0.2, 0) is 5.41 Å². The fourth-order valence-electron chi connectivity index (χ4n) is 5.04. The minimum absolute atomic E-state index is 0.139. The monoisotopic (exact) mass is 454 g/mol. The summed E-state index contributed by atoms with van der Waals surface area (Å²) in [7, 11) is 0. The van der Waals surface area contributed by atoms with E-state index in [0.29, 0.717) is 17.5 Å². The first kappa shape index (κ1) is 21.2. The number of hydrogen-bond acceptors (Lipinski definition) is 4. The van der Waals surface area contributed by atoms with Crippen molar-refractivity contribution >= 4 is 17.1 Å². The molecule has 0 fully saturated rings. The molecule has 0 unspecified atom stereocenters. The molecule has 1 aliphatic rings. The number of aryl methyl sites for hydroxylation is 1. The van der Waals surface area contributed by atoms with Gasteiger partial charge in [-0.05, 0) is 42.3 Å². The summed E-state index contributed by atoms with van der Waals surface area (Å²) in [6.45, 7) is 6.52. The molecular weight excluding hydrogens is 428 g/mol. The molecule has 170 valence electrons. The molecule has 0 N–H and O–H groups in total. The minimum atomic E-state index is -0.139. The zero-order valence-corrected chi connectivity index (χ0v) is 20.1. The highest BCUT2D eigenvalue weighted by atomic mass is 15.2. The normalized spacial score (nSPS) is 13.7. The van der Waals surface area contributed by atoms with E-state index in [-0.39, 0.29) is 5.41 Å². The molecule has 0 spiro atoms. The van der Waals surface area contributed by atoms with Crippen molar-refractivity contribution < 1.29 is 0 Å². The van der Waals surface area contributed by atoms with E-state index in [0.717, 1.165) is 22.5 Å². The van der Waals surface area contributed by atoms with Crippen LogP contribution >= 0.6 is 0 Å². The lowest BCUT2D eigenvalue weighted by Crippen LogP contribution is -2.30. The number of anilines is 3. The SMILES string of the molecule is Cc1nc(-c2ccccc2)nc(-c2ccc3c(c2)N(c2ccccc2)c2ccccc2C3(C)C)n1. The molecule has 1 aliphatic heterocycles. The third kappa shape index (κ3) is 3.58. The number of fused-ring (bicyclic) bond motifs is 2. The van der Waals surface area contributed by atoms with Crippen LogP contribution in [0.3, 0.4) is 0 Å². The van der Waals surface area contributed by atoms with Crippen molar-refractivity contribution in [1.82, 2.24) is 15.0 Å². The van der Waals surface area contributed by atoms with Crippen LogP contribution in [0.25, 0.3) is 22.8 Å². The van der Waals surface area contributed by atoms with Gasteiger partial charge in [0.05, 0.1) is 11.4 Å². The number of hydrogen-bond donors (Lipinski definition) is 0. The molecule has 4 nitrogen and oxygen atoms in total. The Hall–Kier alpha value is -4.31. The maximum absolute atomic E-state index is 4.86. The third-order valence-electron chi connectivity index (χ3n) is 6.78. The van der Waals surface area contributed by atoms with Gasteiger partial charge in [0.15, 0.2) is 11.6 Å². The largest absolute Gasteiger partial charge is 0.310 e. The predicted molar refractivity (Wildman–Crippen MR) is 142 cm³/mol. The number of benzene rings is 4. The lowest BCUT2D eigenvalue weighted by atomic mass is 9.73. The number of rotatable bonds is 3. The van der Waals surface area contributed by atoms with Crippen molar-refractivity contribution in [3.63, 3.8) is 0 Å². The molecule has 0 amide bonds. The number of aromatic nitrogens is 3. The highest BCUT2D eigenvalue weighted by molar-refractivity contribution is 5.87. The average Bonchev–Trinajstić information content (AvgIpc) is 2.89. The summed E-state index contributed by atoms with van der Waals surface area (Å²) in [5, 5.41) is 0. The van der Waals surface area contributed by atoms with E-state index in [2.05, 4.69) is 96.5 Å². The molecule has 4 aromatic carbocycles. The van der Waals surface area contributed by atoms with Gasteiger partial charge in [-0.25, -0.2) is 15.0 Å². The van der Waals surface area contributed by atoms with Gasteiger partial charge in [-0.1, -0.05) is 92.7 Å². The van der Waals surface area contributed by atoms with Crippen LogP contribution in [0, 0.1) is 6.92 Å². The third-order valence-corrected chi connectivity index (χ3v) is 6.78. The average molecular weight is 455 g/mol. The maximum Gasteiger partial charge on any atom is 0.163 e. The molecule has 0 saturated carbocycles. The molecule has 0 saturated heterocycles. The first-order chi connectivity index (χ1) is 17.0. The summed E-state index contributed by atoms with van der Waals surface area (Å²) < 4.78 is 0. The van der Waals surface area contributed by atoms with Gasteiger partial charge < -0.3 is 4.90 Å². The Balaban J connectivity index is 1.56. The Morgan fingerprint density at radius 1 is 0.571 bits per heavy atom. The fourth-order valence-corrected chi connectivity index (χ4v) is 5.04. The van der Waals surface area contributed by atoms with Crippen molar-refractivity contribution in [2.45, 2.75) is 26.2 Å². The van der Waals surface area contributed by atoms with Crippen LogP contribution in [0.1, 0.15) is 30.8 Å². The highest BCUT2D eigenvalue weighted by Crippen LogP contribution is 2.52. The summed E-state index contributed by atoms with van der Waals surface area (Å²) in [5.41, 5.74) is 7.89.